The molecule has 0 amide bonds. The molecule has 176 valence electrons. The lowest BCUT2D eigenvalue weighted by atomic mass is 9.71. The fraction of sp³-hybridized carbons (Fsp3) is 0.680. The first kappa shape index (κ1) is 23.0. The lowest BCUT2D eigenvalue weighted by molar-refractivity contribution is -0.187. The van der Waals surface area contributed by atoms with Crippen molar-refractivity contribution in [2.75, 3.05) is 0 Å². The van der Waals surface area contributed by atoms with Crippen LogP contribution in [0.25, 0.3) is 0 Å². The summed E-state index contributed by atoms with van der Waals surface area (Å²) in [7, 11) is 0. The van der Waals surface area contributed by atoms with Crippen molar-refractivity contribution in [1.82, 2.24) is 0 Å². The molecule has 1 aromatic carbocycles. The van der Waals surface area contributed by atoms with Gasteiger partial charge in [-0.3, -0.25) is 0 Å². The van der Waals surface area contributed by atoms with Crippen molar-refractivity contribution in [3.8, 4) is 5.75 Å². The van der Waals surface area contributed by atoms with Gasteiger partial charge in [0.15, 0.2) is 6.10 Å². The Morgan fingerprint density at radius 3 is 2.44 bits per heavy atom. The van der Waals surface area contributed by atoms with Gasteiger partial charge in [0.05, 0.1) is 5.56 Å². The monoisotopic (exact) mass is 450 g/mol. The second kappa shape index (κ2) is 8.31. The Balaban J connectivity index is 1.45. The Bertz CT molecular complexity index is 868. The van der Waals surface area contributed by atoms with Gasteiger partial charge in [-0.2, -0.15) is 8.78 Å². The van der Waals surface area contributed by atoms with E-state index in [2.05, 4.69) is 6.92 Å². The maximum Gasteiger partial charge on any atom is 0.378 e. The first-order chi connectivity index (χ1) is 15.1. The first-order valence-electron chi connectivity index (χ1n) is 11.7. The maximum atomic E-state index is 14.0. The minimum absolute atomic E-state index is 0.0820. The van der Waals surface area contributed by atoms with Crippen LogP contribution < -0.4 is 4.74 Å². The summed E-state index contributed by atoms with van der Waals surface area (Å²) >= 11 is 0. The van der Waals surface area contributed by atoms with Crippen LogP contribution in [-0.4, -0.2) is 34.7 Å². The molecule has 0 radical (unpaired) electrons. The third kappa shape index (κ3) is 3.77. The van der Waals surface area contributed by atoms with Crippen LogP contribution in [0.3, 0.4) is 0 Å². The summed E-state index contributed by atoms with van der Waals surface area (Å²) < 4.78 is 39.4. The summed E-state index contributed by atoms with van der Waals surface area (Å²) in [5.41, 5.74) is -0.0941. The van der Waals surface area contributed by atoms with Gasteiger partial charge < -0.3 is 14.6 Å². The predicted octanol–water partition coefficient (Wildman–Crippen LogP) is 5.57. The minimum atomic E-state index is -4.17. The van der Waals surface area contributed by atoms with Gasteiger partial charge >= 0.3 is 17.9 Å². The average molecular weight is 451 g/mol. The number of halogens is 2. The molecule has 1 aromatic rings. The number of fused-ring (bicyclic) bond motifs is 5. The topological polar surface area (TPSA) is 72.8 Å². The van der Waals surface area contributed by atoms with Crippen molar-refractivity contribution in [3.05, 3.63) is 29.8 Å². The summed E-state index contributed by atoms with van der Waals surface area (Å²) in [6, 6.07) is 6.32. The number of alkyl halides is 2. The number of carbonyl (C=O) groups is 2. The van der Waals surface area contributed by atoms with E-state index < -0.39 is 29.9 Å². The zero-order valence-electron chi connectivity index (χ0n) is 18.9. The summed E-state index contributed by atoms with van der Waals surface area (Å²) in [5.74, 6) is -4.74. The first-order valence-corrected chi connectivity index (χ1v) is 11.7. The standard InChI is InChI=1S/C25H32F2O5/c1-4-24(13-16-12-20(24)19-7-5-6-18(16)19)32-17-10-8-15(9-11-17)22(28)31-21(14(2)3)25(26,27)23(29)30/h8-11,14,16,18-21H,4-7,12-13H2,1-3H3,(H,29,30). The van der Waals surface area contributed by atoms with Crippen LogP contribution >= 0.6 is 0 Å². The molecule has 3 aliphatic carbocycles. The molecule has 3 saturated carbocycles. The highest BCUT2D eigenvalue weighted by Crippen LogP contribution is 2.64. The number of hydrogen-bond acceptors (Lipinski definition) is 4. The van der Waals surface area contributed by atoms with Gasteiger partial charge in [0.1, 0.15) is 11.4 Å². The van der Waals surface area contributed by atoms with E-state index in [9.17, 15) is 18.4 Å². The van der Waals surface area contributed by atoms with Crippen LogP contribution in [-0.2, 0) is 9.53 Å². The molecule has 5 nitrogen and oxygen atoms in total. The third-order valence-corrected chi connectivity index (χ3v) is 8.08. The fourth-order valence-corrected chi connectivity index (χ4v) is 6.64. The highest BCUT2D eigenvalue weighted by Gasteiger charge is 2.61. The molecular formula is C25H32F2O5. The second-order valence-electron chi connectivity index (χ2n) is 10.1. The molecule has 1 N–H and O–H groups in total. The normalized spacial score (nSPS) is 32.1. The van der Waals surface area contributed by atoms with E-state index in [1.54, 1.807) is 12.1 Å². The van der Waals surface area contributed by atoms with Gasteiger partial charge in [0.2, 0.25) is 0 Å². The van der Waals surface area contributed by atoms with Crippen molar-refractivity contribution in [1.29, 1.82) is 0 Å². The summed E-state index contributed by atoms with van der Waals surface area (Å²) in [5, 5.41) is 8.81. The number of carboxylic acids is 1. The van der Waals surface area contributed by atoms with E-state index in [1.807, 2.05) is 0 Å². The molecule has 0 saturated heterocycles. The lowest BCUT2D eigenvalue weighted by Gasteiger charge is -2.42. The minimum Gasteiger partial charge on any atom is -0.487 e. The van der Waals surface area contributed by atoms with Crippen LogP contribution in [0.15, 0.2) is 24.3 Å². The van der Waals surface area contributed by atoms with Crippen LogP contribution in [0, 0.1) is 29.6 Å². The quantitative estimate of drug-likeness (QED) is 0.524. The number of esters is 1. The Morgan fingerprint density at radius 2 is 1.84 bits per heavy atom. The third-order valence-electron chi connectivity index (χ3n) is 8.08. The van der Waals surface area contributed by atoms with E-state index in [0.717, 1.165) is 30.6 Å². The molecule has 2 bridgehead atoms. The zero-order valence-corrected chi connectivity index (χ0v) is 18.9. The average Bonchev–Trinajstić information content (AvgIpc) is 3.44. The second-order valence-corrected chi connectivity index (χ2v) is 10.1. The van der Waals surface area contributed by atoms with Crippen LogP contribution in [0.4, 0.5) is 8.78 Å². The fourth-order valence-electron chi connectivity index (χ4n) is 6.64. The number of carboxylic acid groups (broad SMARTS) is 1. The van der Waals surface area contributed by atoms with Crippen molar-refractivity contribution in [2.24, 2.45) is 29.6 Å². The molecule has 0 aliphatic heterocycles. The lowest BCUT2D eigenvalue weighted by Crippen LogP contribution is -2.47. The number of ether oxygens (including phenoxy) is 2. The largest absolute Gasteiger partial charge is 0.487 e. The van der Waals surface area contributed by atoms with E-state index in [0.29, 0.717) is 11.7 Å². The molecule has 32 heavy (non-hydrogen) atoms. The number of hydrogen-bond donors (Lipinski definition) is 1. The Hall–Kier alpha value is -2.18. The Morgan fingerprint density at radius 1 is 1.19 bits per heavy atom. The Kier molecular flexibility index (Phi) is 5.97. The summed E-state index contributed by atoms with van der Waals surface area (Å²) in [4.78, 5) is 23.4. The van der Waals surface area contributed by atoms with Crippen molar-refractivity contribution >= 4 is 11.9 Å². The van der Waals surface area contributed by atoms with Crippen LogP contribution in [0.2, 0.25) is 0 Å². The van der Waals surface area contributed by atoms with Gasteiger partial charge in [0, 0.05) is 5.92 Å². The maximum absolute atomic E-state index is 14.0. The molecule has 6 unspecified atom stereocenters. The van der Waals surface area contributed by atoms with Crippen LogP contribution in [0.5, 0.6) is 5.75 Å². The smallest absolute Gasteiger partial charge is 0.378 e. The molecule has 0 spiro atoms. The van der Waals surface area contributed by atoms with Crippen LogP contribution in [0.1, 0.15) is 69.7 Å². The molecule has 4 rings (SSSR count). The van der Waals surface area contributed by atoms with Crippen molar-refractivity contribution in [2.45, 2.75) is 76.9 Å². The van der Waals surface area contributed by atoms with Gasteiger partial charge in [-0.15, -0.1) is 0 Å². The zero-order chi connectivity index (χ0) is 23.3. The summed E-state index contributed by atoms with van der Waals surface area (Å²) in [6.07, 6.45) is 5.14. The molecule has 6 atom stereocenters. The van der Waals surface area contributed by atoms with E-state index in [-0.39, 0.29) is 11.2 Å². The number of aliphatic carboxylic acids is 1. The number of benzene rings is 1. The number of rotatable bonds is 8. The van der Waals surface area contributed by atoms with Gasteiger partial charge in [-0.1, -0.05) is 27.2 Å². The molecule has 7 heteroatoms. The molecule has 0 heterocycles. The van der Waals surface area contributed by atoms with Crippen molar-refractivity contribution < 1.29 is 33.0 Å². The number of carbonyl (C=O) groups excluding carboxylic acids is 1. The van der Waals surface area contributed by atoms with Gasteiger partial charge in [-0.05, 0) is 80.0 Å². The van der Waals surface area contributed by atoms with E-state index in [4.69, 9.17) is 14.6 Å². The molecular weight excluding hydrogens is 418 g/mol. The SMILES string of the molecule is CCC1(Oc2ccc(C(=O)OC(C(C)C)C(F)(F)C(=O)O)cc2)CC2CC1C1CCCC21. The Labute approximate surface area is 187 Å². The van der Waals surface area contributed by atoms with Crippen molar-refractivity contribution in [3.63, 3.8) is 0 Å². The predicted molar refractivity (Wildman–Crippen MR) is 114 cm³/mol. The highest BCUT2D eigenvalue weighted by molar-refractivity contribution is 5.90. The van der Waals surface area contributed by atoms with E-state index in [1.165, 1.54) is 51.7 Å². The molecule has 3 aliphatic rings. The molecule has 3 fully saturated rings. The highest BCUT2D eigenvalue weighted by atomic mass is 19.3. The summed E-state index contributed by atoms with van der Waals surface area (Å²) in [6.45, 7) is 4.95. The van der Waals surface area contributed by atoms with Gasteiger partial charge in [0.25, 0.3) is 0 Å². The van der Waals surface area contributed by atoms with E-state index >= 15 is 0 Å². The molecule has 0 aromatic heterocycles. The van der Waals surface area contributed by atoms with Gasteiger partial charge in [-0.25, -0.2) is 9.59 Å².